The number of anilines is 1. The number of hydrogen-bond donors (Lipinski definition) is 2. The van der Waals surface area contributed by atoms with E-state index in [-0.39, 0.29) is 16.4 Å². The predicted octanol–water partition coefficient (Wildman–Crippen LogP) is 2.26. The first-order chi connectivity index (χ1) is 11.8. The molecular weight excluding hydrogens is 340 g/mol. The summed E-state index contributed by atoms with van der Waals surface area (Å²) in [5.41, 5.74) is 0.973. The molecule has 0 radical (unpaired) electrons. The molecule has 7 heteroatoms. The van der Waals surface area contributed by atoms with Gasteiger partial charge in [-0.15, -0.1) is 6.58 Å². The highest BCUT2D eigenvalue weighted by Crippen LogP contribution is 2.17. The van der Waals surface area contributed by atoms with Crippen LogP contribution in [0.2, 0.25) is 0 Å². The summed E-state index contributed by atoms with van der Waals surface area (Å²) in [6, 6.07) is 12.2. The number of sulfone groups is 1. The molecule has 0 aliphatic heterocycles. The summed E-state index contributed by atoms with van der Waals surface area (Å²) in [5, 5.41) is 5.32. The fraction of sp³-hybridized carbons (Fsp3) is 0.111. The quantitative estimate of drug-likeness (QED) is 0.775. The summed E-state index contributed by atoms with van der Waals surface area (Å²) in [4.78, 5) is 24.6. The Morgan fingerprint density at radius 3 is 2.28 bits per heavy atom. The van der Waals surface area contributed by atoms with E-state index in [1.54, 1.807) is 30.3 Å². The Balaban J connectivity index is 2.21. The van der Waals surface area contributed by atoms with Crippen molar-refractivity contribution in [1.82, 2.24) is 5.32 Å². The van der Waals surface area contributed by atoms with Crippen molar-refractivity contribution >= 4 is 27.3 Å². The Labute approximate surface area is 146 Å². The number of nitrogens with one attached hydrogen (secondary N) is 2. The zero-order chi connectivity index (χ0) is 18.4. The van der Waals surface area contributed by atoms with E-state index in [0.717, 1.165) is 6.26 Å². The lowest BCUT2D eigenvalue weighted by atomic mass is 10.1. The molecular formula is C18H18N2O4S. The molecule has 0 saturated carbocycles. The fourth-order valence-electron chi connectivity index (χ4n) is 2.10. The van der Waals surface area contributed by atoms with E-state index in [1.165, 1.54) is 24.3 Å². The van der Waals surface area contributed by atoms with Crippen molar-refractivity contribution in [2.24, 2.45) is 0 Å². The minimum atomic E-state index is -3.32. The van der Waals surface area contributed by atoms with Gasteiger partial charge in [0.25, 0.3) is 11.8 Å². The second-order valence-corrected chi connectivity index (χ2v) is 7.31. The van der Waals surface area contributed by atoms with Gasteiger partial charge in [-0.3, -0.25) is 9.59 Å². The van der Waals surface area contributed by atoms with E-state index in [4.69, 9.17) is 0 Å². The highest BCUT2D eigenvalue weighted by atomic mass is 32.2. The molecule has 0 saturated heterocycles. The molecule has 0 aliphatic rings. The molecule has 0 bridgehead atoms. The monoisotopic (exact) mass is 358 g/mol. The van der Waals surface area contributed by atoms with Gasteiger partial charge in [-0.25, -0.2) is 8.42 Å². The van der Waals surface area contributed by atoms with Gasteiger partial charge in [0.2, 0.25) is 0 Å². The zero-order valence-corrected chi connectivity index (χ0v) is 14.5. The summed E-state index contributed by atoms with van der Waals surface area (Å²) >= 11 is 0. The average Bonchev–Trinajstić information content (AvgIpc) is 2.59. The summed E-state index contributed by atoms with van der Waals surface area (Å²) < 4.78 is 22.9. The molecule has 2 rings (SSSR count). The van der Waals surface area contributed by atoms with Crippen LogP contribution in [-0.2, 0) is 9.84 Å². The average molecular weight is 358 g/mol. The molecule has 6 nitrogen and oxygen atoms in total. The third-order valence-corrected chi connectivity index (χ3v) is 4.50. The Morgan fingerprint density at radius 2 is 1.68 bits per heavy atom. The highest BCUT2D eigenvalue weighted by Gasteiger charge is 2.14. The molecule has 0 aliphatic carbocycles. The van der Waals surface area contributed by atoms with Crippen molar-refractivity contribution < 1.29 is 18.0 Å². The van der Waals surface area contributed by atoms with Gasteiger partial charge >= 0.3 is 0 Å². The summed E-state index contributed by atoms with van der Waals surface area (Å²) in [5.74, 6) is -0.771. The molecule has 0 fully saturated rings. The number of rotatable bonds is 6. The normalized spacial score (nSPS) is 10.8. The summed E-state index contributed by atoms with van der Waals surface area (Å²) in [6.45, 7) is 3.85. The molecule has 2 amide bonds. The summed E-state index contributed by atoms with van der Waals surface area (Å²) in [7, 11) is -3.32. The molecule has 130 valence electrons. The second-order valence-electron chi connectivity index (χ2n) is 5.29. The maximum absolute atomic E-state index is 12.4. The molecule has 0 spiro atoms. The number of para-hydroxylation sites is 1. The number of benzene rings is 2. The van der Waals surface area contributed by atoms with Crippen LogP contribution in [0.4, 0.5) is 5.69 Å². The van der Waals surface area contributed by atoms with Crippen LogP contribution in [0.3, 0.4) is 0 Å². The Bertz CT molecular complexity index is 903. The lowest BCUT2D eigenvalue weighted by Crippen LogP contribution is -2.25. The second kappa shape index (κ2) is 7.76. The van der Waals surface area contributed by atoms with E-state index >= 15 is 0 Å². The first-order valence-corrected chi connectivity index (χ1v) is 9.31. The zero-order valence-electron chi connectivity index (χ0n) is 13.7. The van der Waals surface area contributed by atoms with Crippen molar-refractivity contribution in [3.8, 4) is 0 Å². The Morgan fingerprint density at radius 1 is 1.04 bits per heavy atom. The smallest absolute Gasteiger partial charge is 0.255 e. The molecule has 2 aromatic rings. The molecule has 0 unspecified atom stereocenters. The minimum absolute atomic E-state index is 0.133. The van der Waals surface area contributed by atoms with Crippen molar-refractivity contribution in [3.63, 3.8) is 0 Å². The van der Waals surface area contributed by atoms with Gasteiger partial charge in [-0.05, 0) is 36.4 Å². The van der Waals surface area contributed by atoms with Crippen LogP contribution in [0.25, 0.3) is 0 Å². The van der Waals surface area contributed by atoms with Gasteiger partial charge in [-0.2, -0.15) is 0 Å². The van der Waals surface area contributed by atoms with Crippen molar-refractivity contribution in [1.29, 1.82) is 0 Å². The van der Waals surface area contributed by atoms with E-state index in [2.05, 4.69) is 17.2 Å². The maximum atomic E-state index is 12.4. The minimum Gasteiger partial charge on any atom is -0.349 e. The molecule has 25 heavy (non-hydrogen) atoms. The van der Waals surface area contributed by atoms with Crippen LogP contribution in [-0.4, -0.2) is 33.0 Å². The Hall–Kier alpha value is -2.93. The first-order valence-electron chi connectivity index (χ1n) is 7.42. The van der Waals surface area contributed by atoms with Crippen LogP contribution in [0.15, 0.2) is 66.1 Å². The van der Waals surface area contributed by atoms with E-state index in [9.17, 15) is 18.0 Å². The van der Waals surface area contributed by atoms with Crippen molar-refractivity contribution in [3.05, 3.63) is 72.3 Å². The van der Waals surface area contributed by atoms with Crippen molar-refractivity contribution in [2.75, 3.05) is 18.1 Å². The third kappa shape index (κ3) is 4.77. The van der Waals surface area contributed by atoms with Crippen LogP contribution in [0.5, 0.6) is 0 Å². The third-order valence-electron chi connectivity index (χ3n) is 3.37. The molecule has 0 heterocycles. The van der Waals surface area contributed by atoms with Crippen LogP contribution in [0.1, 0.15) is 20.7 Å². The molecule has 2 aromatic carbocycles. The van der Waals surface area contributed by atoms with Crippen LogP contribution in [0, 0.1) is 0 Å². The fourth-order valence-corrected chi connectivity index (χ4v) is 2.73. The van der Waals surface area contributed by atoms with E-state index in [0.29, 0.717) is 17.8 Å². The standard InChI is InChI=1S/C18H18N2O4S/c1-3-12-19-18(22)15-6-4-5-7-16(15)20-17(21)13-8-10-14(11-9-13)25(2,23)24/h3-11H,1,12H2,2H3,(H,19,22)(H,20,21). The van der Waals surface area contributed by atoms with Gasteiger partial charge in [-0.1, -0.05) is 18.2 Å². The molecule has 0 atom stereocenters. The van der Waals surface area contributed by atoms with Gasteiger partial charge in [0, 0.05) is 18.4 Å². The largest absolute Gasteiger partial charge is 0.349 e. The first kappa shape index (κ1) is 18.4. The number of carbonyl (C=O) groups excluding carboxylic acids is 2. The number of hydrogen-bond acceptors (Lipinski definition) is 4. The topological polar surface area (TPSA) is 92.3 Å². The number of carbonyl (C=O) groups is 2. The molecule has 0 aromatic heterocycles. The summed E-state index contributed by atoms with van der Waals surface area (Å²) in [6.07, 6.45) is 2.66. The van der Waals surface area contributed by atoms with E-state index < -0.39 is 15.7 Å². The lowest BCUT2D eigenvalue weighted by molar-refractivity contribution is 0.0959. The number of amides is 2. The van der Waals surface area contributed by atoms with Gasteiger partial charge in [0.1, 0.15) is 0 Å². The van der Waals surface area contributed by atoms with Gasteiger partial charge in [0.15, 0.2) is 9.84 Å². The maximum Gasteiger partial charge on any atom is 0.255 e. The Kier molecular flexibility index (Phi) is 5.71. The SMILES string of the molecule is C=CCNC(=O)c1ccccc1NC(=O)c1ccc(S(C)(=O)=O)cc1. The van der Waals surface area contributed by atoms with Crippen molar-refractivity contribution in [2.45, 2.75) is 4.90 Å². The van der Waals surface area contributed by atoms with Crippen LogP contribution >= 0.6 is 0 Å². The van der Waals surface area contributed by atoms with Gasteiger partial charge in [0.05, 0.1) is 16.1 Å². The van der Waals surface area contributed by atoms with E-state index in [1.807, 2.05) is 0 Å². The van der Waals surface area contributed by atoms with Crippen LogP contribution < -0.4 is 10.6 Å². The molecule has 2 N–H and O–H groups in total. The predicted molar refractivity (Wildman–Crippen MR) is 96.5 cm³/mol. The van der Waals surface area contributed by atoms with Gasteiger partial charge < -0.3 is 10.6 Å². The lowest BCUT2D eigenvalue weighted by Gasteiger charge is -2.11. The highest BCUT2D eigenvalue weighted by molar-refractivity contribution is 7.90.